The molecule has 1 heterocycles. The van der Waals surface area contributed by atoms with Crippen molar-refractivity contribution in [1.29, 1.82) is 0 Å². The van der Waals surface area contributed by atoms with Gasteiger partial charge in [-0.2, -0.15) is 0 Å². The quantitative estimate of drug-likeness (QED) is 0.889. The van der Waals surface area contributed by atoms with Crippen LogP contribution in [0.15, 0.2) is 24.5 Å². The van der Waals surface area contributed by atoms with Crippen LogP contribution in [-0.4, -0.2) is 17.1 Å². The molecule has 2 N–H and O–H groups in total. The van der Waals surface area contributed by atoms with Crippen LogP contribution >= 0.6 is 11.6 Å². The zero-order chi connectivity index (χ0) is 12.4. The molecular weight excluding hydrogens is 238 g/mol. The van der Waals surface area contributed by atoms with Crippen LogP contribution in [0.4, 0.5) is 5.82 Å². The first-order valence-corrected chi connectivity index (χ1v) is 5.42. The molecule has 0 unspecified atom stereocenters. The Labute approximate surface area is 104 Å². The summed E-state index contributed by atoms with van der Waals surface area (Å²) in [4.78, 5) is 8.00. The van der Waals surface area contributed by atoms with Crippen molar-refractivity contribution < 1.29 is 4.74 Å². The molecule has 2 aromatic rings. The van der Waals surface area contributed by atoms with Crippen LogP contribution in [-0.2, 0) is 0 Å². The van der Waals surface area contributed by atoms with E-state index in [2.05, 4.69) is 9.97 Å². The first-order valence-electron chi connectivity index (χ1n) is 5.04. The zero-order valence-corrected chi connectivity index (χ0v) is 10.3. The predicted octanol–water partition coefficient (Wildman–Crippen LogP) is 2.70. The van der Waals surface area contributed by atoms with Gasteiger partial charge in [0.2, 0.25) is 0 Å². The van der Waals surface area contributed by atoms with E-state index < -0.39 is 0 Å². The predicted molar refractivity (Wildman–Crippen MR) is 68.2 cm³/mol. The number of ether oxygens (including phenoxy) is 1. The van der Waals surface area contributed by atoms with Gasteiger partial charge < -0.3 is 10.5 Å². The van der Waals surface area contributed by atoms with Gasteiger partial charge in [-0.25, -0.2) is 9.97 Å². The first kappa shape index (κ1) is 11.7. The smallest absolute Gasteiger partial charge is 0.146 e. The summed E-state index contributed by atoms with van der Waals surface area (Å²) in [5, 5.41) is 0.376. The monoisotopic (exact) mass is 249 g/mol. The second-order valence-electron chi connectivity index (χ2n) is 3.60. The van der Waals surface area contributed by atoms with Crippen molar-refractivity contribution >= 4 is 17.4 Å². The molecule has 1 aromatic heterocycles. The Morgan fingerprint density at radius 2 is 2.06 bits per heavy atom. The Morgan fingerprint density at radius 1 is 1.29 bits per heavy atom. The largest absolute Gasteiger partial charge is 0.497 e. The molecule has 0 saturated heterocycles. The fourth-order valence-electron chi connectivity index (χ4n) is 1.60. The summed E-state index contributed by atoms with van der Waals surface area (Å²) in [7, 11) is 1.63. The Kier molecular flexibility index (Phi) is 3.15. The third-order valence-corrected chi connectivity index (χ3v) is 2.88. The highest BCUT2D eigenvalue weighted by molar-refractivity contribution is 6.35. The second kappa shape index (κ2) is 4.59. The molecule has 17 heavy (non-hydrogen) atoms. The van der Waals surface area contributed by atoms with Crippen molar-refractivity contribution in [2.24, 2.45) is 0 Å². The molecule has 0 spiro atoms. The summed E-state index contributed by atoms with van der Waals surface area (Å²) < 4.78 is 5.15. The number of nitrogens with zero attached hydrogens (tertiary/aromatic N) is 2. The minimum atomic E-state index is 0.284. The molecule has 2 rings (SSSR count). The number of methoxy groups -OCH3 is 1. The van der Waals surface area contributed by atoms with Crippen LogP contribution in [0.1, 0.15) is 5.56 Å². The maximum Gasteiger partial charge on any atom is 0.146 e. The number of nitrogens with two attached hydrogens (primary N) is 1. The molecule has 0 radical (unpaired) electrons. The molecule has 1 aromatic carbocycles. The Hall–Kier alpha value is -1.81. The number of hydrogen-bond acceptors (Lipinski definition) is 4. The standard InChI is InChI=1S/C12H12ClN3O/c1-7-5-8(17-2)3-4-9(7)11-10(13)12(14)16-6-15-11/h3-6H,1-2H3,(H2,14,15,16). The summed E-state index contributed by atoms with van der Waals surface area (Å²) in [6.07, 6.45) is 1.40. The fraction of sp³-hybridized carbons (Fsp3) is 0.167. The SMILES string of the molecule is COc1ccc(-c2ncnc(N)c2Cl)c(C)c1. The molecule has 88 valence electrons. The van der Waals surface area contributed by atoms with E-state index in [1.54, 1.807) is 7.11 Å². The van der Waals surface area contributed by atoms with E-state index in [1.165, 1.54) is 6.33 Å². The average molecular weight is 250 g/mol. The van der Waals surface area contributed by atoms with E-state index in [9.17, 15) is 0 Å². The molecular formula is C12H12ClN3O. The van der Waals surface area contributed by atoms with Crippen molar-refractivity contribution in [1.82, 2.24) is 9.97 Å². The normalized spacial score (nSPS) is 10.3. The highest BCUT2D eigenvalue weighted by atomic mass is 35.5. The average Bonchev–Trinajstić information content (AvgIpc) is 2.33. The van der Waals surface area contributed by atoms with E-state index in [1.807, 2.05) is 25.1 Å². The van der Waals surface area contributed by atoms with Gasteiger partial charge in [0.05, 0.1) is 12.8 Å². The summed E-state index contributed by atoms with van der Waals surface area (Å²) >= 11 is 6.09. The summed E-state index contributed by atoms with van der Waals surface area (Å²) in [6.45, 7) is 1.96. The third-order valence-electron chi connectivity index (χ3n) is 2.51. The van der Waals surface area contributed by atoms with Gasteiger partial charge in [0.25, 0.3) is 0 Å². The number of halogens is 1. The lowest BCUT2D eigenvalue weighted by Gasteiger charge is -2.09. The van der Waals surface area contributed by atoms with Crippen LogP contribution in [0.25, 0.3) is 11.3 Å². The Balaban J connectivity index is 2.57. The van der Waals surface area contributed by atoms with Crippen molar-refractivity contribution in [3.63, 3.8) is 0 Å². The van der Waals surface area contributed by atoms with E-state index in [-0.39, 0.29) is 5.82 Å². The van der Waals surface area contributed by atoms with Gasteiger partial charge in [-0.3, -0.25) is 0 Å². The van der Waals surface area contributed by atoms with Gasteiger partial charge in [-0.05, 0) is 30.7 Å². The van der Waals surface area contributed by atoms with Gasteiger partial charge in [0.15, 0.2) is 0 Å². The first-order chi connectivity index (χ1) is 8.13. The van der Waals surface area contributed by atoms with Crippen LogP contribution in [0.5, 0.6) is 5.75 Å². The number of aromatic nitrogens is 2. The molecule has 0 aliphatic carbocycles. The molecule has 0 bridgehead atoms. The molecule has 0 atom stereocenters. The second-order valence-corrected chi connectivity index (χ2v) is 3.98. The van der Waals surface area contributed by atoms with E-state index in [0.717, 1.165) is 16.9 Å². The lowest BCUT2D eigenvalue weighted by Crippen LogP contribution is -1.96. The molecule has 0 saturated carbocycles. The maximum atomic E-state index is 6.09. The topological polar surface area (TPSA) is 61.0 Å². The van der Waals surface area contributed by atoms with E-state index >= 15 is 0 Å². The van der Waals surface area contributed by atoms with Crippen LogP contribution in [0, 0.1) is 6.92 Å². The van der Waals surface area contributed by atoms with Gasteiger partial charge in [0.1, 0.15) is 22.9 Å². The summed E-state index contributed by atoms with van der Waals surface area (Å²) in [6, 6.07) is 5.68. The third kappa shape index (κ3) is 2.17. The Bertz CT molecular complexity index is 557. The minimum absolute atomic E-state index is 0.284. The summed E-state index contributed by atoms with van der Waals surface area (Å²) in [5.74, 6) is 1.08. The Morgan fingerprint density at radius 3 is 2.71 bits per heavy atom. The number of aryl methyl sites for hydroxylation is 1. The molecule has 4 nitrogen and oxygen atoms in total. The zero-order valence-electron chi connectivity index (χ0n) is 9.57. The lowest BCUT2D eigenvalue weighted by atomic mass is 10.1. The van der Waals surface area contributed by atoms with Gasteiger partial charge in [-0.15, -0.1) is 0 Å². The number of nitrogen functional groups attached to an aromatic ring is 1. The highest BCUT2D eigenvalue weighted by Crippen LogP contribution is 2.32. The minimum Gasteiger partial charge on any atom is -0.497 e. The number of anilines is 1. The number of hydrogen-bond donors (Lipinski definition) is 1. The van der Waals surface area contributed by atoms with Crippen LogP contribution < -0.4 is 10.5 Å². The lowest BCUT2D eigenvalue weighted by molar-refractivity contribution is 0.414. The van der Waals surface area contributed by atoms with Gasteiger partial charge >= 0.3 is 0 Å². The molecule has 5 heteroatoms. The maximum absolute atomic E-state index is 6.09. The molecule has 0 amide bonds. The van der Waals surface area contributed by atoms with Crippen molar-refractivity contribution in [2.45, 2.75) is 6.92 Å². The van der Waals surface area contributed by atoms with Gasteiger partial charge in [-0.1, -0.05) is 11.6 Å². The van der Waals surface area contributed by atoms with E-state index in [4.69, 9.17) is 22.1 Å². The number of benzene rings is 1. The van der Waals surface area contributed by atoms with E-state index in [0.29, 0.717) is 10.7 Å². The summed E-state index contributed by atoms with van der Waals surface area (Å²) in [5.41, 5.74) is 8.23. The number of rotatable bonds is 2. The van der Waals surface area contributed by atoms with Crippen LogP contribution in [0.3, 0.4) is 0 Å². The van der Waals surface area contributed by atoms with Crippen molar-refractivity contribution in [3.8, 4) is 17.0 Å². The highest BCUT2D eigenvalue weighted by Gasteiger charge is 2.11. The molecule has 0 aliphatic heterocycles. The van der Waals surface area contributed by atoms with Crippen molar-refractivity contribution in [2.75, 3.05) is 12.8 Å². The van der Waals surface area contributed by atoms with Crippen LogP contribution in [0.2, 0.25) is 5.02 Å². The molecule has 0 fully saturated rings. The fourth-order valence-corrected chi connectivity index (χ4v) is 1.80. The molecule has 0 aliphatic rings. The van der Waals surface area contributed by atoms with Gasteiger partial charge in [0, 0.05) is 5.56 Å². The van der Waals surface area contributed by atoms with Crippen molar-refractivity contribution in [3.05, 3.63) is 35.1 Å².